The van der Waals surface area contributed by atoms with Crippen molar-refractivity contribution in [3.05, 3.63) is 60.3 Å². The molecule has 0 aliphatic carbocycles. The number of aromatic amines is 1. The van der Waals surface area contributed by atoms with E-state index >= 15 is 0 Å². The molecule has 0 fully saturated rings. The number of fused-ring (bicyclic) bond motifs is 2. The summed E-state index contributed by atoms with van der Waals surface area (Å²) in [7, 11) is 0. The van der Waals surface area contributed by atoms with Gasteiger partial charge in [-0.15, -0.1) is 11.3 Å². The molecule has 0 aliphatic heterocycles. The minimum absolute atomic E-state index is 0.152. The Hall–Kier alpha value is -2.64. The lowest BCUT2D eigenvalue weighted by atomic mass is 10.2. The molecular formula is C18H14N4OS2. The molecule has 0 spiro atoms. The molecule has 4 rings (SSSR count). The van der Waals surface area contributed by atoms with Gasteiger partial charge in [0.25, 0.3) is 5.91 Å². The number of benzene rings is 2. The summed E-state index contributed by atoms with van der Waals surface area (Å²) in [6.45, 7) is 0. The van der Waals surface area contributed by atoms with E-state index in [1.54, 1.807) is 17.6 Å². The fraction of sp³-hybridized carbons (Fsp3) is 0.0556. The molecule has 0 atom stereocenters. The van der Waals surface area contributed by atoms with E-state index in [2.05, 4.69) is 20.5 Å². The van der Waals surface area contributed by atoms with Gasteiger partial charge in [-0.2, -0.15) is 5.10 Å². The van der Waals surface area contributed by atoms with Crippen LogP contribution in [0.4, 0.5) is 0 Å². The second kappa shape index (κ2) is 7.08. The SMILES string of the molecule is O=C(CSc1nc2ccccc2s1)N/N=C\c1c[nH]c2ccccc12. The number of nitrogens with zero attached hydrogens (tertiary/aromatic N) is 2. The molecule has 4 aromatic rings. The minimum Gasteiger partial charge on any atom is -0.361 e. The van der Waals surface area contributed by atoms with Crippen LogP contribution in [0.1, 0.15) is 5.56 Å². The highest BCUT2D eigenvalue weighted by molar-refractivity contribution is 8.01. The molecule has 0 aliphatic rings. The largest absolute Gasteiger partial charge is 0.361 e. The minimum atomic E-state index is -0.152. The van der Waals surface area contributed by atoms with E-state index in [-0.39, 0.29) is 11.7 Å². The van der Waals surface area contributed by atoms with Crippen molar-refractivity contribution >= 4 is 56.3 Å². The van der Waals surface area contributed by atoms with Crippen LogP contribution in [-0.2, 0) is 4.79 Å². The Bertz CT molecular complexity index is 1030. The summed E-state index contributed by atoms with van der Waals surface area (Å²) in [6, 6.07) is 15.9. The number of carbonyl (C=O) groups excluding carboxylic acids is 1. The fourth-order valence-corrected chi connectivity index (χ4v) is 4.31. The predicted molar refractivity (Wildman–Crippen MR) is 104 cm³/mol. The van der Waals surface area contributed by atoms with Gasteiger partial charge in [-0.1, -0.05) is 42.1 Å². The fourth-order valence-electron chi connectivity index (χ4n) is 2.45. The molecule has 5 nitrogen and oxygen atoms in total. The van der Waals surface area contributed by atoms with Gasteiger partial charge in [-0.05, 0) is 18.2 Å². The van der Waals surface area contributed by atoms with Crippen molar-refractivity contribution in [2.75, 3.05) is 5.75 Å². The first-order valence-electron chi connectivity index (χ1n) is 7.66. The van der Waals surface area contributed by atoms with Gasteiger partial charge in [0.2, 0.25) is 0 Å². The molecule has 124 valence electrons. The monoisotopic (exact) mass is 366 g/mol. The number of amides is 1. The number of nitrogens with one attached hydrogen (secondary N) is 2. The molecular weight excluding hydrogens is 352 g/mol. The Morgan fingerprint density at radius 1 is 1.24 bits per heavy atom. The molecule has 0 saturated carbocycles. The molecule has 1 amide bonds. The van der Waals surface area contributed by atoms with Crippen molar-refractivity contribution in [2.24, 2.45) is 5.10 Å². The number of hydrogen-bond acceptors (Lipinski definition) is 5. The van der Waals surface area contributed by atoms with Crippen LogP contribution in [0.25, 0.3) is 21.1 Å². The van der Waals surface area contributed by atoms with Gasteiger partial charge in [0, 0.05) is 22.7 Å². The van der Waals surface area contributed by atoms with Crippen LogP contribution in [0, 0.1) is 0 Å². The summed E-state index contributed by atoms with van der Waals surface area (Å²) in [5, 5.41) is 5.12. The van der Waals surface area contributed by atoms with Crippen LogP contribution in [-0.4, -0.2) is 27.8 Å². The van der Waals surface area contributed by atoms with Crippen molar-refractivity contribution in [2.45, 2.75) is 4.34 Å². The number of hydrazone groups is 1. The lowest BCUT2D eigenvalue weighted by Crippen LogP contribution is -2.19. The number of aromatic nitrogens is 2. The van der Waals surface area contributed by atoms with Gasteiger partial charge in [0.15, 0.2) is 4.34 Å². The maximum absolute atomic E-state index is 11.9. The molecule has 0 bridgehead atoms. The van der Waals surface area contributed by atoms with E-state index in [1.807, 2.05) is 54.7 Å². The van der Waals surface area contributed by atoms with Crippen molar-refractivity contribution < 1.29 is 4.79 Å². The molecule has 2 aromatic heterocycles. The quantitative estimate of drug-likeness (QED) is 0.318. The number of H-pyrrole nitrogens is 1. The Balaban J connectivity index is 1.34. The lowest BCUT2D eigenvalue weighted by molar-refractivity contribution is -0.118. The Morgan fingerprint density at radius 3 is 3.00 bits per heavy atom. The Kier molecular flexibility index (Phi) is 4.49. The van der Waals surface area contributed by atoms with Gasteiger partial charge in [0.05, 0.1) is 22.2 Å². The first kappa shape index (κ1) is 15.9. The zero-order valence-electron chi connectivity index (χ0n) is 13.1. The first-order chi connectivity index (χ1) is 12.3. The number of thiazole rings is 1. The Morgan fingerprint density at radius 2 is 2.08 bits per heavy atom. The maximum atomic E-state index is 11.9. The van der Waals surface area contributed by atoms with Crippen molar-refractivity contribution in [3.63, 3.8) is 0 Å². The first-order valence-corrected chi connectivity index (χ1v) is 9.46. The van der Waals surface area contributed by atoms with Gasteiger partial charge in [-0.3, -0.25) is 4.79 Å². The third-order valence-corrected chi connectivity index (χ3v) is 5.79. The molecule has 0 saturated heterocycles. The smallest absolute Gasteiger partial charge is 0.250 e. The molecule has 25 heavy (non-hydrogen) atoms. The maximum Gasteiger partial charge on any atom is 0.250 e. The molecule has 2 aromatic carbocycles. The second-order valence-corrected chi connectivity index (χ2v) is 7.57. The predicted octanol–water partition coefficient (Wildman–Crippen LogP) is 4.02. The zero-order valence-corrected chi connectivity index (χ0v) is 14.7. The van der Waals surface area contributed by atoms with Gasteiger partial charge >= 0.3 is 0 Å². The molecule has 7 heteroatoms. The number of hydrogen-bond donors (Lipinski definition) is 2. The van der Waals surface area contributed by atoms with E-state index in [1.165, 1.54) is 11.8 Å². The third-order valence-electron chi connectivity index (χ3n) is 3.62. The summed E-state index contributed by atoms with van der Waals surface area (Å²) in [5.41, 5.74) is 5.51. The number of carbonyl (C=O) groups is 1. The van der Waals surface area contributed by atoms with Crippen molar-refractivity contribution in [1.82, 2.24) is 15.4 Å². The molecule has 0 unspecified atom stereocenters. The average Bonchev–Trinajstić information content (AvgIpc) is 3.24. The van der Waals surface area contributed by atoms with E-state index in [4.69, 9.17) is 0 Å². The number of para-hydroxylation sites is 2. The van der Waals surface area contributed by atoms with Crippen LogP contribution >= 0.6 is 23.1 Å². The van der Waals surface area contributed by atoms with E-state index in [0.717, 1.165) is 31.0 Å². The third kappa shape index (κ3) is 3.57. The molecule has 2 heterocycles. The Labute approximate surface area is 152 Å². The molecule has 0 radical (unpaired) electrons. The van der Waals surface area contributed by atoms with Crippen LogP contribution in [0.15, 0.2) is 64.2 Å². The summed E-state index contributed by atoms with van der Waals surface area (Å²) < 4.78 is 2.01. The highest BCUT2D eigenvalue weighted by Gasteiger charge is 2.07. The van der Waals surface area contributed by atoms with Gasteiger partial charge in [0.1, 0.15) is 0 Å². The second-order valence-electron chi connectivity index (χ2n) is 5.32. The summed E-state index contributed by atoms with van der Waals surface area (Å²) in [5.74, 6) is 0.130. The van der Waals surface area contributed by atoms with Crippen molar-refractivity contribution in [1.29, 1.82) is 0 Å². The van der Waals surface area contributed by atoms with Gasteiger partial charge < -0.3 is 4.98 Å². The highest BCUT2D eigenvalue weighted by Crippen LogP contribution is 2.29. The summed E-state index contributed by atoms with van der Waals surface area (Å²) in [4.78, 5) is 19.6. The lowest BCUT2D eigenvalue weighted by Gasteiger charge is -1.97. The number of thioether (sulfide) groups is 1. The van der Waals surface area contributed by atoms with E-state index in [0.29, 0.717) is 0 Å². The normalized spacial score (nSPS) is 11.5. The van der Waals surface area contributed by atoms with Crippen LogP contribution in [0.2, 0.25) is 0 Å². The van der Waals surface area contributed by atoms with E-state index in [9.17, 15) is 4.79 Å². The molecule has 2 N–H and O–H groups in total. The average molecular weight is 366 g/mol. The summed E-state index contributed by atoms with van der Waals surface area (Å²) in [6.07, 6.45) is 3.52. The number of rotatable bonds is 5. The van der Waals surface area contributed by atoms with Gasteiger partial charge in [-0.25, -0.2) is 10.4 Å². The highest BCUT2D eigenvalue weighted by atomic mass is 32.2. The van der Waals surface area contributed by atoms with Crippen LogP contribution < -0.4 is 5.43 Å². The standard InChI is InChI=1S/C18H14N4OS2/c23-17(11-24-18-21-15-7-3-4-8-16(15)25-18)22-20-10-12-9-19-14-6-2-1-5-13(12)14/h1-10,19H,11H2,(H,22,23)/b20-10-. The van der Waals surface area contributed by atoms with Crippen LogP contribution in [0.3, 0.4) is 0 Å². The summed E-state index contributed by atoms with van der Waals surface area (Å²) >= 11 is 3.01. The van der Waals surface area contributed by atoms with E-state index < -0.39 is 0 Å². The topological polar surface area (TPSA) is 70.1 Å². The van der Waals surface area contributed by atoms with Crippen molar-refractivity contribution in [3.8, 4) is 0 Å². The zero-order chi connectivity index (χ0) is 17.1. The van der Waals surface area contributed by atoms with Crippen LogP contribution in [0.5, 0.6) is 0 Å².